The number of rotatable bonds is 4. The molecule has 1 aliphatic rings. The van der Waals surface area contributed by atoms with E-state index in [2.05, 4.69) is 0 Å². The summed E-state index contributed by atoms with van der Waals surface area (Å²) in [6.07, 6.45) is -0.807. The second-order valence-electron chi connectivity index (χ2n) is 5.69. The Bertz CT molecular complexity index is 794. The second-order valence-corrected chi connectivity index (χ2v) is 5.69. The van der Waals surface area contributed by atoms with Crippen LogP contribution in [0.5, 0.6) is 0 Å². The van der Waals surface area contributed by atoms with Crippen molar-refractivity contribution in [1.82, 2.24) is 9.96 Å². The summed E-state index contributed by atoms with van der Waals surface area (Å²) in [7, 11) is 0. The number of ether oxygens (including phenoxy) is 1. The number of amides is 2. The van der Waals surface area contributed by atoms with Gasteiger partial charge in [0.05, 0.1) is 5.56 Å². The van der Waals surface area contributed by atoms with Crippen molar-refractivity contribution in [3.05, 3.63) is 71.8 Å². The highest BCUT2D eigenvalue weighted by Crippen LogP contribution is 2.29. The molecule has 0 saturated carbocycles. The monoisotopic (exact) mass is 354 g/mol. The Morgan fingerprint density at radius 2 is 1.69 bits per heavy atom. The average molecular weight is 354 g/mol. The van der Waals surface area contributed by atoms with Crippen LogP contribution in [0.2, 0.25) is 0 Å². The highest BCUT2D eigenvalue weighted by atomic mass is 16.7. The number of hydrogen-bond donors (Lipinski definition) is 0. The van der Waals surface area contributed by atoms with Crippen LogP contribution in [0, 0.1) is 0 Å². The van der Waals surface area contributed by atoms with Crippen molar-refractivity contribution < 1.29 is 24.0 Å². The topological polar surface area (TPSA) is 76.2 Å². The Labute approximate surface area is 150 Å². The molecular formula is C19H18N2O5. The standard InChI is InChI=1S/C19H18N2O5/c1-14(22)21-18(15-8-4-2-5-9-15)20(17(23)12-26-21)13-25-19(24)16-10-6-3-7-11-16/h2-11,18H,12-13H2,1H3. The van der Waals surface area contributed by atoms with Gasteiger partial charge in [-0.1, -0.05) is 48.5 Å². The van der Waals surface area contributed by atoms with Crippen molar-refractivity contribution >= 4 is 17.8 Å². The third kappa shape index (κ3) is 3.73. The summed E-state index contributed by atoms with van der Waals surface area (Å²) in [6, 6.07) is 17.4. The largest absolute Gasteiger partial charge is 0.440 e. The molecule has 7 heteroatoms. The molecule has 2 amide bonds. The minimum Gasteiger partial charge on any atom is -0.440 e. The number of nitrogens with zero attached hydrogens (tertiary/aromatic N) is 2. The molecule has 0 aliphatic carbocycles. The summed E-state index contributed by atoms with van der Waals surface area (Å²) in [5.41, 5.74) is 1.06. The lowest BCUT2D eigenvalue weighted by atomic mass is 10.1. The summed E-state index contributed by atoms with van der Waals surface area (Å²) in [5.74, 6) is -1.28. The van der Waals surface area contributed by atoms with Gasteiger partial charge in [-0.05, 0) is 17.7 Å². The molecular weight excluding hydrogens is 336 g/mol. The molecule has 1 saturated heterocycles. The van der Waals surface area contributed by atoms with Gasteiger partial charge in [-0.15, -0.1) is 0 Å². The molecule has 0 aromatic heterocycles. The highest BCUT2D eigenvalue weighted by molar-refractivity contribution is 5.89. The van der Waals surface area contributed by atoms with Gasteiger partial charge in [0, 0.05) is 6.92 Å². The SMILES string of the molecule is CC(=O)N1OCC(=O)N(COC(=O)c2ccccc2)C1c1ccccc1. The van der Waals surface area contributed by atoms with Crippen LogP contribution in [-0.2, 0) is 19.2 Å². The van der Waals surface area contributed by atoms with Gasteiger partial charge in [-0.25, -0.2) is 4.79 Å². The summed E-state index contributed by atoms with van der Waals surface area (Å²) >= 11 is 0. The molecule has 1 fully saturated rings. The van der Waals surface area contributed by atoms with Gasteiger partial charge in [0.2, 0.25) is 5.91 Å². The zero-order valence-corrected chi connectivity index (χ0v) is 14.2. The molecule has 3 rings (SSSR count). The van der Waals surface area contributed by atoms with E-state index in [9.17, 15) is 14.4 Å². The van der Waals surface area contributed by atoms with Crippen LogP contribution < -0.4 is 0 Å². The van der Waals surface area contributed by atoms with E-state index < -0.39 is 12.1 Å². The zero-order chi connectivity index (χ0) is 18.5. The van der Waals surface area contributed by atoms with E-state index in [1.807, 2.05) is 6.07 Å². The smallest absolute Gasteiger partial charge is 0.339 e. The Kier molecular flexibility index (Phi) is 5.28. The van der Waals surface area contributed by atoms with Crippen molar-refractivity contribution in [2.75, 3.05) is 13.3 Å². The Balaban J connectivity index is 1.82. The summed E-state index contributed by atoms with van der Waals surface area (Å²) in [4.78, 5) is 43.1. The molecule has 0 radical (unpaired) electrons. The van der Waals surface area contributed by atoms with Gasteiger partial charge >= 0.3 is 5.97 Å². The van der Waals surface area contributed by atoms with Crippen LogP contribution in [-0.4, -0.2) is 41.1 Å². The van der Waals surface area contributed by atoms with Crippen LogP contribution in [0.15, 0.2) is 60.7 Å². The fraction of sp³-hybridized carbons (Fsp3) is 0.211. The first-order valence-electron chi connectivity index (χ1n) is 8.07. The predicted octanol–water partition coefficient (Wildman–Crippen LogP) is 2.12. The number of benzene rings is 2. The third-order valence-electron chi connectivity index (χ3n) is 3.92. The summed E-state index contributed by atoms with van der Waals surface area (Å²) in [6.45, 7) is 0.755. The van der Waals surface area contributed by atoms with E-state index in [0.717, 1.165) is 5.06 Å². The maximum absolute atomic E-state index is 12.4. The van der Waals surface area contributed by atoms with Crippen LogP contribution in [0.3, 0.4) is 0 Å². The minimum atomic E-state index is -0.807. The van der Waals surface area contributed by atoms with Crippen LogP contribution in [0.1, 0.15) is 29.0 Å². The number of hydrogen-bond acceptors (Lipinski definition) is 5. The molecule has 2 aromatic rings. The lowest BCUT2D eigenvalue weighted by molar-refractivity contribution is -0.248. The van der Waals surface area contributed by atoms with Crippen LogP contribution in [0.4, 0.5) is 0 Å². The van der Waals surface area contributed by atoms with E-state index in [-0.39, 0.29) is 25.2 Å². The quantitative estimate of drug-likeness (QED) is 0.786. The van der Waals surface area contributed by atoms with Crippen molar-refractivity contribution in [2.24, 2.45) is 0 Å². The normalized spacial score (nSPS) is 17.1. The molecule has 1 aliphatic heterocycles. The Morgan fingerprint density at radius 3 is 2.31 bits per heavy atom. The fourth-order valence-corrected chi connectivity index (χ4v) is 2.67. The molecule has 134 valence electrons. The van der Waals surface area contributed by atoms with Gasteiger partial charge in [-0.3, -0.25) is 19.3 Å². The van der Waals surface area contributed by atoms with Gasteiger partial charge < -0.3 is 4.74 Å². The van der Waals surface area contributed by atoms with Crippen molar-refractivity contribution in [1.29, 1.82) is 0 Å². The van der Waals surface area contributed by atoms with E-state index in [0.29, 0.717) is 11.1 Å². The average Bonchev–Trinajstić information content (AvgIpc) is 2.67. The van der Waals surface area contributed by atoms with Crippen molar-refractivity contribution in [2.45, 2.75) is 13.1 Å². The van der Waals surface area contributed by atoms with Crippen LogP contribution in [0.25, 0.3) is 0 Å². The first-order chi connectivity index (χ1) is 12.6. The molecule has 1 unspecified atom stereocenters. The minimum absolute atomic E-state index is 0.292. The third-order valence-corrected chi connectivity index (χ3v) is 3.92. The molecule has 1 heterocycles. The van der Waals surface area contributed by atoms with Gasteiger partial charge in [-0.2, -0.15) is 5.06 Å². The van der Waals surface area contributed by atoms with E-state index >= 15 is 0 Å². The van der Waals surface area contributed by atoms with Crippen LogP contribution >= 0.6 is 0 Å². The predicted molar refractivity (Wildman–Crippen MR) is 91.2 cm³/mol. The second kappa shape index (κ2) is 7.79. The number of esters is 1. The van der Waals surface area contributed by atoms with Gasteiger partial charge in [0.1, 0.15) is 0 Å². The molecule has 0 N–H and O–H groups in total. The lowest BCUT2D eigenvalue weighted by Gasteiger charge is -2.41. The van der Waals surface area contributed by atoms with Gasteiger partial charge in [0.15, 0.2) is 19.5 Å². The molecule has 26 heavy (non-hydrogen) atoms. The number of hydroxylamine groups is 2. The number of carbonyl (C=O) groups excluding carboxylic acids is 3. The van der Waals surface area contributed by atoms with Gasteiger partial charge in [0.25, 0.3) is 5.91 Å². The molecule has 2 aromatic carbocycles. The van der Waals surface area contributed by atoms with E-state index in [4.69, 9.17) is 9.57 Å². The summed E-state index contributed by atoms with van der Waals surface area (Å²) in [5, 5.41) is 1.12. The first kappa shape index (κ1) is 17.6. The fourth-order valence-electron chi connectivity index (χ4n) is 2.67. The summed E-state index contributed by atoms with van der Waals surface area (Å²) < 4.78 is 5.29. The zero-order valence-electron chi connectivity index (χ0n) is 14.2. The molecule has 7 nitrogen and oxygen atoms in total. The Hall–Kier alpha value is -3.19. The first-order valence-corrected chi connectivity index (χ1v) is 8.07. The van der Waals surface area contributed by atoms with E-state index in [1.165, 1.54) is 11.8 Å². The maximum atomic E-state index is 12.4. The highest BCUT2D eigenvalue weighted by Gasteiger charge is 2.38. The Morgan fingerprint density at radius 1 is 1.08 bits per heavy atom. The van der Waals surface area contributed by atoms with Crippen molar-refractivity contribution in [3.8, 4) is 0 Å². The number of carbonyl (C=O) groups is 3. The lowest BCUT2D eigenvalue weighted by Crippen LogP contribution is -2.54. The van der Waals surface area contributed by atoms with Crippen molar-refractivity contribution in [3.63, 3.8) is 0 Å². The maximum Gasteiger partial charge on any atom is 0.339 e. The molecule has 0 spiro atoms. The molecule has 1 atom stereocenters. The van der Waals surface area contributed by atoms with E-state index in [1.54, 1.807) is 54.6 Å². The molecule has 0 bridgehead atoms.